The lowest BCUT2D eigenvalue weighted by Gasteiger charge is -2.28. The molecule has 0 spiro atoms. The second kappa shape index (κ2) is 9.97. The van der Waals surface area contributed by atoms with E-state index in [-0.39, 0.29) is 25.0 Å². The predicted molar refractivity (Wildman–Crippen MR) is 110 cm³/mol. The Labute approximate surface area is 176 Å². The second-order valence-corrected chi connectivity index (χ2v) is 7.53. The van der Waals surface area contributed by atoms with Gasteiger partial charge in [-0.25, -0.2) is 0 Å². The van der Waals surface area contributed by atoms with Crippen molar-refractivity contribution in [2.75, 3.05) is 13.7 Å². The average molecular weight is 474 g/mol. The molecule has 144 valence electrons. The van der Waals surface area contributed by atoms with Crippen LogP contribution in [0.2, 0.25) is 10.0 Å². The van der Waals surface area contributed by atoms with Crippen LogP contribution in [-0.4, -0.2) is 36.4 Å². The van der Waals surface area contributed by atoms with E-state index in [1.165, 1.54) is 11.9 Å². The molecule has 0 unspecified atom stereocenters. The molecule has 5 nitrogen and oxygen atoms in total. The lowest BCUT2D eigenvalue weighted by molar-refractivity contribution is -0.142. The predicted octanol–water partition coefficient (Wildman–Crippen LogP) is 4.30. The summed E-state index contributed by atoms with van der Waals surface area (Å²) in [7, 11) is 1.53. The molecule has 0 aliphatic rings. The summed E-state index contributed by atoms with van der Waals surface area (Å²) in [4.78, 5) is 26.3. The number of nitrogens with one attached hydrogen (secondary N) is 1. The van der Waals surface area contributed by atoms with E-state index in [1.54, 1.807) is 37.3 Å². The first-order valence-corrected chi connectivity index (χ1v) is 9.70. The monoisotopic (exact) mass is 472 g/mol. The third kappa shape index (κ3) is 6.13. The van der Waals surface area contributed by atoms with Crippen molar-refractivity contribution in [2.24, 2.45) is 0 Å². The zero-order valence-electron chi connectivity index (χ0n) is 14.8. The smallest absolute Gasteiger partial charge is 0.261 e. The number of halogens is 3. The van der Waals surface area contributed by atoms with Gasteiger partial charge in [0.05, 0.1) is 4.47 Å². The third-order valence-electron chi connectivity index (χ3n) is 3.92. The SMILES string of the molecule is CNC(=O)[C@@H](C)N(Cc1ccc(Cl)cc1)C(=O)COc1ccc(Cl)cc1Br. The summed E-state index contributed by atoms with van der Waals surface area (Å²) in [6.07, 6.45) is 0. The summed E-state index contributed by atoms with van der Waals surface area (Å²) in [5.74, 6) is -0.0836. The Hall–Kier alpha value is -1.76. The van der Waals surface area contributed by atoms with E-state index >= 15 is 0 Å². The molecule has 1 atom stereocenters. The van der Waals surface area contributed by atoms with Crippen LogP contribution in [0, 0.1) is 0 Å². The normalized spacial score (nSPS) is 11.6. The molecule has 0 fully saturated rings. The van der Waals surface area contributed by atoms with Crippen molar-refractivity contribution in [1.29, 1.82) is 0 Å². The quantitative estimate of drug-likeness (QED) is 0.652. The summed E-state index contributed by atoms with van der Waals surface area (Å²) < 4.78 is 6.25. The van der Waals surface area contributed by atoms with Crippen molar-refractivity contribution < 1.29 is 14.3 Å². The van der Waals surface area contributed by atoms with Gasteiger partial charge < -0.3 is 15.0 Å². The first-order valence-electron chi connectivity index (χ1n) is 8.15. The average Bonchev–Trinajstić information content (AvgIpc) is 2.65. The number of rotatable bonds is 7. The molecular formula is C19H19BrCl2N2O3. The molecule has 2 aromatic rings. The molecule has 0 aliphatic carbocycles. The maximum absolute atomic E-state index is 12.8. The Balaban J connectivity index is 2.14. The van der Waals surface area contributed by atoms with Crippen LogP contribution in [-0.2, 0) is 16.1 Å². The first-order chi connectivity index (χ1) is 12.8. The van der Waals surface area contributed by atoms with E-state index in [9.17, 15) is 9.59 Å². The Bertz CT molecular complexity index is 815. The fraction of sp³-hybridized carbons (Fsp3) is 0.263. The number of carbonyl (C=O) groups excluding carboxylic acids is 2. The van der Waals surface area contributed by atoms with Gasteiger partial charge in [0.25, 0.3) is 5.91 Å². The molecule has 1 N–H and O–H groups in total. The van der Waals surface area contributed by atoms with Crippen LogP contribution in [0.3, 0.4) is 0 Å². The van der Waals surface area contributed by atoms with Crippen LogP contribution in [0.5, 0.6) is 5.75 Å². The Morgan fingerprint density at radius 3 is 2.37 bits per heavy atom. The molecule has 8 heteroatoms. The fourth-order valence-corrected chi connectivity index (χ4v) is 3.32. The Kier molecular flexibility index (Phi) is 7.95. The summed E-state index contributed by atoms with van der Waals surface area (Å²) in [5, 5.41) is 3.72. The van der Waals surface area contributed by atoms with Gasteiger partial charge in [-0.3, -0.25) is 9.59 Å². The highest BCUT2D eigenvalue weighted by atomic mass is 79.9. The van der Waals surface area contributed by atoms with E-state index < -0.39 is 6.04 Å². The van der Waals surface area contributed by atoms with Crippen molar-refractivity contribution in [3.8, 4) is 5.75 Å². The lowest BCUT2D eigenvalue weighted by Crippen LogP contribution is -2.48. The Morgan fingerprint density at radius 2 is 1.78 bits per heavy atom. The summed E-state index contributed by atoms with van der Waals surface area (Å²) >= 11 is 15.2. The van der Waals surface area contributed by atoms with Gasteiger partial charge in [-0.1, -0.05) is 35.3 Å². The standard InChI is InChI=1S/C19H19BrCl2N2O3/c1-12(19(26)23-2)24(10-13-3-5-14(21)6-4-13)18(25)11-27-17-8-7-15(22)9-16(17)20/h3-9,12H,10-11H2,1-2H3,(H,23,26)/t12-/m1/s1. The number of nitrogens with zero attached hydrogens (tertiary/aromatic N) is 1. The van der Waals surface area contributed by atoms with Crippen molar-refractivity contribution in [2.45, 2.75) is 19.5 Å². The van der Waals surface area contributed by atoms with Crippen LogP contribution in [0.1, 0.15) is 12.5 Å². The van der Waals surface area contributed by atoms with Crippen LogP contribution in [0.25, 0.3) is 0 Å². The molecule has 0 aromatic heterocycles. The molecule has 0 heterocycles. The maximum Gasteiger partial charge on any atom is 0.261 e. The summed E-state index contributed by atoms with van der Waals surface area (Å²) in [6, 6.07) is 11.5. The highest BCUT2D eigenvalue weighted by molar-refractivity contribution is 9.10. The van der Waals surface area contributed by atoms with Crippen LogP contribution >= 0.6 is 39.1 Å². The Morgan fingerprint density at radius 1 is 1.15 bits per heavy atom. The second-order valence-electron chi connectivity index (χ2n) is 5.80. The number of benzene rings is 2. The highest BCUT2D eigenvalue weighted by Gasteiger charge is 2.26. The lowest BCUT2D eigenvalue weighted by atomic mass is 10.1. The van der Waals surface area contributed by atoms with Crippen molar-refractivity contribution in [3.05, 3.63) is 62.5 Å². The van der Waals surface area contributed by atoms with E-state index in [4.69, 9.17) is 27.9 Å². The van der Waals surface area contributed by atoms with Gasteiger partial charge in [-0.05, 0) is 58.7 Å². The number of hydrogen-bond acceptors (Lipinski definition) is 3. The van der Waals surface area contributed by atoms with E-state index in [0.717, 1.165) is 5.56 Å². The fourth-order valence-electron chi connectivity index (χ4n) is 2.39. The van der Waals surface area contributed by atoms with Gasteiger partial charge in [0.2, 0.25) is 5.91 Å². The third-order valence-corrected chi connectivity index (χ3v) is 5.03. The number of likely N-dealkylation sites (N-methyl/N-ethyl adjacent to an activating group) is 1. The molecule has 0 saturated carbocycles. The molecule has 0 bridgehead atoms. The topological polar surface area (TPSA) is 58.6 Å². The van der Waals surface area contributed by atoms with Crippen molar-refractivity contribution >= 4 is 50.9 Å². The van der Waals surface area contributed by atoms with Gasteiger partial charge in [-0.15, -0.1) is 0 Å². The number of amides is 2. The minimum absolute atomic E-state index is 0.213. The van der Waals surface area contributed by atoms with E-state index in [1.807, 2.05) is 12.1 Å². The van der Waals surface area contributed by atoms with Crippen LogP contribution < -0.4 is 10.1 Å². The molecule has 2 rings (SSSR count). The summed E-state index contributed by atoms with van der Waals surface area (Å²) in [6.45, 7) is 1.72. The minimum atomic E-state index is -0.657. The van der Waals surface area contributed by atoms with Gasteiger partial charge >= 0.3 is 0 Å². The maximum atomic E-state index is 12.8. The van der Waals surface area contributed by atoms with Gasteiger partial charge in [0.15, 0.2) is 6.61 Å². The van der Waals surface area contributed by atoms with Crippen LogP contribution in [0.15, 0.2) is 46.9 Å². The van der Waals surface area contributed by atoms with Crippen molar-refractivity contribution in [1.82, 2.24) is 10.2 Å². The molecular weight excluding hydrogens is 455 g/mol. The molecule has 2 aromatic carbocycles. The summed E-state index contributed by atoms with van der Waals surface area (Å²) in [5.41, 5.74) is 0.858. The zero-order valence-corrected chi connectivity index (χ0v) is 17.9. The van der Waals surface area contributed by atoms with Crippen molar-refractivity contribution in [3.63, 3.8) is 0 Å². The largest absolute Gasteiger partial charge is 0.483 e. The number of hydrogen-bond donors (Lipinski definition) is 1. The molecule has 0 radical (unpaired) electrons. The van der Waals surface area contributed by atoms with E-state index in [2.05, 4.69) is 21.2 Å². The zero-order chi connectivity index (χ0) is 20.0. The van der Waals surface area contributed by atoms with Gasteiger partial charge in [-0.2, -0.15) is 0 Å². The molecule has 0 saturated heterocycles. The molecule has 2 amide bonds. The number of carbonyl (C=O) groups is 2. The van der Waals surface area contributed by atoms with Gasteiger partial charge in [0, 0.05) is 23.6 Å². The number of ether oxygens (including phenoxy) is 1. The first kappa shape index (κ1) is 21.5. The minimum Gasteiger partial charge on any atom is -0.483 e. The van der Waals surface area contributed by atoms with Gasteiger partial charge in [0.1, 0.15) is 11.8 Å². The highest BCUT2D eigenvalue weighted by Crippen LogP contribution is 2.28. The molecule has 27 heavy (non-hydrogen) atoms. The van der Waals surface area contributed by atoms with Crippen LogP contribution in [0.4, 0.5) is 0 Å². The van der Waals surface area contributed by atoms with E-state index in [0.29, 0.717) is 20.3 Å². The molecule has 0 aliphatic heterocycles.